The van der Waals surface area contributed by atoms with E-state index in [4.69, 9.17) is 14.9 Å². The summed E-state index contributed by atoms with van der Waals surface area (Å²) in [5, 5.41) is 15.2. The number of rotatable bonds is 3. The molecule has 1 aliphatic carbocycles. The van der Waals surface area contributed by atoms with Gasteiger partial charge in [0.25, 0.3) is 0 Å². The molecule has 0 radical (unpaired) electrons. The van der Waals surface area contributed by atoms with Crippen molar-refractivity contribution >= 4 is 0 Å². The fraction of sp³-hybridized carbons (Fsp3) is 1.00. The van der Waals surface area contributed by atoms with Crippen LogP contribution in [0.3, 0.4) is 0 Å². The van der Waals surface area contributed by atoms with E-state index in [2.05, 4.69) is 0 Å². The predicted molar refractivity (Wildman–Crippen MR) is 64.0 cm³/mol. The first-order valence-corrected chi connectivity index (χ1v) is 6.12. The van der Waals surface area contributed by atoms with Gasteiger partial charge in [-0.1, -0.05) is 38.5 Å². The molecule has 0 amide bonds. The third kappa shape index (κ3) is 24.8. The quantitative estimate of drug-likeness (QED) is 0.767. The minimum absolute atomic E-state index is 0.125. The average molecular weight is 220 g/mol. The minimum atomic E-state index is -0.125. The molecular weight excluding hydrogens is 192 g/mol. The Morgan fingerprint density at radius 3 is 1.07 bits per heavy atom. The van der Waals surface area contributed by atoms with Crippen LogP contribution in [-0.2, 0) is 4.74 Å². The van der Waals surface area contributed by atoms with Crippen molar-refractivity contribution in [2.45, 2.75) is 52.4 Å². The topological polar surface area (TPSA) is 49.7 Å². The van der Waals surface area contributed by atoms with Gasteiger partial charge in [-0.2, -0.15) is 0 Å². The van der Waals surface area contributed by atoms with Crippen LogP contribution in [0.15, 0.2) is 0 Å². The molecule has 0 saturated heterocycles. The van der Waals surface area contributed by atoms with E-state index in [1.165, 1.54) is 38.5 Å². The van der Waals surface area contributed by atoms with Gasteiger partial charge < -0.3 is 14.9 Å². The van der Waals surface area contributed by atoms with Gasteiger partial charge in [0.2, 0.25) is 0 Å². The lowest BCUT2D eigenvalue weighted by atomic mass is 10.0. The lowest BCUT2D eigenvalue weighted by molar-refractivity contribution is 0.162. The molecule has 0 aliphatic heterocycles. The summed E-state index contributed by atoms with van der Waals surface area (Å²) in [6, 6.07) is 0. The van der Waals surface area contributed by atoms with Gasteiger partial charge in [-0.05, 0) is 13.8 Å². The van der Waals surface area contributed by atoms with Crippen LogP contribution in [0.4, 0.5) is 0 Å². The summed E-state index contributed by atoms with van der Waals surface area (Å²) in [7, 11) is 0. The molecule has 0 aromatic rings. The van der Waals surface area contributed by atoms with E-state index in [1.54, 1.807) is 0 Å². The van der Waals surface area contributed by atoms with Crippen LogP contribution in [0.25, 0.3) is 0 Å². The fourth-order valence-electron chi connectivity index (χ4n) is 1.26. The van der Waals surface area contributed by atoms with Crippen LogP contribution >= 0.6 is 0 Å². The Labute approximate surface area is 94.5 Å². The van der Waals surface area contributed by atoms with Crippen molar-refractivity contribution < 1.29 is 14.9 Å². The minimum Gasteiger partial charge on any atom is -0.394 e. The molecule has 0 aromatic heterocycles. The molecule has 2 N–H and O–H groups in total. The van der Waals surface area contributed by atoms with E-state index in [1.807, 2.05) is 13.8 Å². The molecule has 0 spiro atoms. The van der Waals surface area contributed by atoms with E-state index in [9.17, 15) is 0 Å². The van der Waals surface area contributed by atoms with Gasteiger partial charge in [0.1, 0.15) is 0 Å². The zero-order chi connectivity index (χ0) is 11.8. The van der Waals surface area contributed by atoms with Crippen LogP contribution < -0.4 is 0 Å². The number of hydrogen-bond donors (Lipinski definition) is 2. The smallest absolute Gasteiger partial charge is 0.0662 e. The second-order valence-corrected chi connectivity index (χ2v) is 3.35. The van der Waals surface area contributed by atoms with Crippen LogP contribution in [0.1, 0.15) is 52.4 Å². The van der Waals surface area contributed by atoms with E-state index in [-0.39, 0.29) is 13.2 Å². The Kier molecular flexibility index (Phi) is 22.4. The summed E-state index contributed by atoms with van der Waals surface area (Å²) in [4.78, 5) is 0. The largest absolute Gasteiger partial charge is 0.394 e. The summed E-state index contributed by atoms with van der Waals surface area (Å²) in [5.41, 5.74) is 0. The molecule has 1 fully saturated rings. The van der Waals surface area contributed by atoms with E-state index in [0.717, 1.165) is 13.2 Å². The molecule has 0 aromatic carbocycles. The molecular formula is C12H28O3. The van der Waals surface area contributed by atoms with Gasteiger partial charge in [-0.25, -0.2) is 0 Å². The lowest BCUT2D eigenvalue weighted by Crippen LogP contribution is -1.85. The Bertz CT molecular complexity index is 67.4. The van der Waals surface area contributed by atoms with E-state index in [0.29, 0.717) is 0 Å². The van der Waals surface area contributed by atoms with Crippen molar-refractivity contribution in [3.8, 4) is 0 Å². The molecule has 3 nitrogen and oxygen atoms in total. The Balaban J connectivity index is 0. The maximum absolute atomic E-state index is 7.62. The first kappa shape index (κ1) is 17.3. The molecule has 1 rings (SSSR count). The van der Waals surface area contributed by atoms with Crippen molar-refractivity contribution in [2.75, 3.05) is 26.4 Å². The monoisotopic (exact) mass is 220 g/mol. The van der Waals surface area contributed by atoms with Crippen LogP contribution in [0, 0.1) is 0 Å². The van der Waals surface area contributed by atoms with Crippen LogP contribution in [0.2, 0.25) is 0 Å². The Morgan fingerprint density at radius 2 is 1.00 bits per heavy atom. The van der Waals surface area contributed by atoms with E-state index < -0.39 is 0 Å². The molecule has 0 unspecified atom stereocenters. The maximum Gasteiger partial charge on any atom is 0.0662 e. The molecule has 3 heteroatoms. The summed E-state index contributed by atoms with van der Waals surface area (Å²) in [6.07, 6.45) is 9.00. The van der Waals surface area contributed by atoms with Gasteiger partial charge in [-0.3, -0.25) is 0 Å². The second-order valence-electron chi connectivity index (χ2n) is 3.35. The highest BCUT2D eigenvalue weighted by Crippen LogP contribution is 2.15. The molecule has 1 aliphatic rings. The molecule has 0 bridgehead atoms. The number of ether oxygens (including phenoxy) is 1. The van der Waals surface area contributed by atoms with Crippen molar-refractivity contribution in [1.82, 2.24) is 0 Å². The number of aliphatic hydroxyl groups excluding tert-OH is 2. The van der Waals surface area contributed by atoms with Gasteiger partial charge in [-0.15, -0.1) is 0 Å². The molecule has 15 heavy (non-hydrogen) atoms. The standard InChI is InChI=1S/C6H12.C4H10O.C2H6O2/c1-2-4-6-5-3-1;1-3-5-4-2;3-1-2-4/h1-6H2;3-4H2,1-2H3;3-4H,1-2H2. The third-order valence-electron chi connectivity index (χ3n) is 2.01. The lowest BCUT2D eigenvalue weighted by Gasteiger charge is -2.05. The van der Waals surface area contributed by atoms with Crippen LogP contribution in [0.5, 0.6) is 0 Å². The number of aliphatic hydroxyl groups is 2. The highest BCUT2D eigenvalue weighted by atomic mass is 16.5. The zero-order valence-electron chi connectivity index (χ0n) is 10.4. The van der Waals surface area contributed by atoms with Gasteiger partial charge >= 0.3 is 0 Å². The van der Waals surface area contributed by atoms with Gasteiger partial charge in [0.05, 0.1) is 13.2 Å². The van der Waals surface area contributed by atoms with Gasteiger partial charge in [0.15, 0.2) is 0 Å². The van der Waals surface area contributed by atoms with Crippen molar-refractivity contribution in [1.29, 1.82) is 0 Å². The number of hydrogen-bond acceptors (Lipinski definition) is 3. The Morgan fingerprint density at radius 1 is 0.733 bits per heavy atom. The van der Waals surface area contributed by atoms with E-state index >= 15 is 0 Å². The summed E-state index contributed by atoms with van der Waals surface area (Å²) in [5.74, 6) is 0. The first-order chi connectivity index (χ1) is 7.33. The Hall–Kier alpha value is -0.120. The molecule has 94 valence electrons. The highest BCUT2D eigenvalue weighted by molar-refractivity contribution is 4.51. The van der Waals surface area contributed by atoms with Crippen LogP contribution in [-0.4, -0.2) is 36.6 Å². The first-order valence-electron chi connectivity index (χ1n) is 6.12. The normalized spacial score (nSPS) is 14.4. The summed E-state index contributed by atoms with van der Waals surface area (Å²) >= 11 is 0. The molecule has 0 atom stereocenters. The molecule has 0 heterocycles. The summed E-state index contributed by atoms with van der Waals surface area (Å²) < 4.78 is 4.83. The zero-order valence-corrected chi connectivity index (χ0v) is 10.4. The SMILES string of the molecule is C1CCCCC1.CCOCC.OCCO. The van der Waals surface area contributed by atoms with Crippen molar-refractivity contribution in [3.05, 3.63) is 0 Å². The third-order valence-corrected chi connectivity index (χ3v) is 2.01. The predicted octanol–water partition coefficient (Wildman–Crippen LogP) is 2.35. The van der Waals surface area contributed by atoms with Gasteiger partial charge in [0, 0.05) is 13.2 Å². The summed E-state index contributed by atoms with van der Waals surface area (Å²) in [6.45, 7) is 5.42. The van der Waals surface area contributed by atoms with Crippen molar-refractivity contribution in [2.24, 2.45) is 0 Å². The fourth-order valence-corrected chi connectivity index (χ4v) is 1.26. The average Bonchev–Trinajstić information content (AvgIpc) is 2.33. The van der Waals surface area contributed by atoms with Crippen molar-refractivity contribution in [3.63, 3.8) is 0 Å². The highest BCUT2D eigenvalue weighted by Gasteiger charge is 1.95. The maximum atomic E-state index is 7.62. The molecule has 1 saturated carbocycles. The second kappa shape index (κ2) is 19.5.